The molecular formula is C28H19ClN2O. The molecule has 0 N–H and O–H groups in total. The fraction of sp³-hybridized carbons (Fsp3) is 0.0714. The fourth-order valence-corrected chi connectivity index (χ4v) is 4.91. The Labute approximate surface area is 190 Å². The Morgan fingerprint density at radius 3 is 2.38 bits per heavy atom. The second kappa shape index (κ2) is 6.91. The number of carbonyl (C=O) groups is 1. The molecule has 0 spiro atoms. The summed E-state index contributed by atoms with van der Waals surface area (Å²) in [6.07, 6.45) is 0. The highest BCUT2D eigenvalue weighted by Crippen LogP contribution is 2.46. The third-order valence-electron chi connectivity index (χ3n) is 6.17. The molecule has 0 unspecified atom stereocenters. The van der Waals surface area contributed by atoms with E-state index in [0.29, 0.717) is 10.6 Å². The molecule has 6 rings (SSSR count). The van der Waals surface area contributed by atoms with E-state index in [1.807, 2.05) is 60.4 Å². The van der Waals surface area contributed by atoms with Crippen molar-refractivity contribution < 1.29 is 4.79 Å². The van der Waals surface area contributed by atoms with Gasteiger partial charge in [-0.25, -0.2) is 4.98 Å². The number of halogens is 1. The van der Waals surface area contributed by atoms with Crippen LogP contribution in [0.3, 0.4) is 0 Å². The van der Waals surface area contributed by atoms with Crippen LogP contribution in [0.5, 0.6) is 0 Å². The van der Waals surface area contributed by atoms with Gasteiger partial charge >= 0.3 is 0 Å². The molecule has 32 heavy (non-hydrogen) atoms. The van der Waals surface area contributed by atoms with Crippen molar-refractivity contribution in [2.45, 2.75) is 13.8 Å². The molecule has 154 valence electrons. The molecule has 0 saturated heterocycles. The maximum atomic E-state index is 13.9. The van der Waals surface area contributed by atoms with E-state index < -0.39 is 0 Å². The summed E-state index contributed by atoms with van der Waals surface area (Å²) in [6, 6.07) is 26.1. The second-order valence-corrected chi connectivity index (χ2v) is 8.77. The van der Waals surface area contributed by atoms with Crippen LogP contribution in [0.4, 0.5) is 11.4 Å². The van der Waals surface area contributed by atoms with Crippen LogP contribution in [-0.2, 0) is 0 Å². The number of aromatic nitrogens is 1. The Kier molecular flexibility index (Phi) is 4.11. The van der Waals surface area contributed by atoms with Gasteiger partial charge in [-0.1, -0.05) is 59.6 Å². The predicted octanol–water partition coefficient (Wildman–Crippen LogP) is 7.62. The van der Waals surface area contributed by atoms with Gasteiger partial charge in [0.25, 0.3) is 5.91 Å². The fourth-order valence-electron chi connectivity index (χ4n) is 4.74. The molecule has 0 bridgehead atoms. The maximum absolute atomic E-state index is 13.9. The van der Waals surface area contributed by atoms with Gasteiger partial charge < -0.3 is 0 Å². The van der Waals surface area contributed by atoms with Crippen molar-refractivity contribution in [3.05, 3.63) is 101 Å². The molecule has 0 aliphatic carbocycles. The summed E-state index contributed by atoms with van der Waals surface area (Å²) < 4.78 is 0. The molecule has 4 aromatic carbocycles. The lowest BCUT2D eigenvalue weighted by Crippen LogP contribution is -2.22. The lowest BCUT2D eigenvalue weighted by atomic mass is 9.99. The van der Waals surface area contributed by atoms with E-state index in [0.717, 1.165) is 55.4 Å². The minimum Gasteiger partial charge on any atom is -0.276 e. The number of carbonyl (C=O) groups excluding carboxylic acids is 1. The molecule has 5 aromatic rings. The van der Waals surface area contributed by atoms with Gasteiger partial charge in [-0.05, 0) is 66.9 Å². The quantitative estimate of drug-likeness (QED) is 0.268. The lowest BCUT2D eigenvalue weighted by molar-refractivity contribution is 0.101. The molecule has 0 atom stereocenters. The second-order valence-electron chi connectivity index (χ2n) is 8.33. The van der Waals surface area contributed by atoms with E-state index >= 15 is 0 Å². The Hall–Kier alpha value is -3.69. The molecule has 1 aliphatic rings. The van der Waals surface area contributed by atoms with Crippen molar-refractivity contribution in [1.82, 2.24) is 4.98 Å². The van der Waals surface area contributed by atoms with Crippen LogP contribution >= 0.6 is 11.6 Å². The molecule has 0 saturated carbocycles. The minimum atomic E-state index is -0.0446. The number of rotatable bonds is 2. The zero-order valence-electron chi connectivity index (χ0n) is 17.7. The van der Waals surface area contributed by atoms with E-state index in [-0.39, 0.29) is 5.91 Å². The highest BCUT2D eigenvalue weighted by atomic mass is 35.5. The van der Waals surface area contributed by atoms with Crippen LogP contribution in [0.25, 0.3) is 32.9 Å². The van der Waals surface area contributed by atoms with Crippen molar-refractivity contribution in [2.75, 3.05) is 4.90 Å². The largest absolute Gasteiger partial charge is 0.276 e. The van der Waals surface area contributed by atoms with Crippen LogP contribution in [-0.4, -0.2) is 10.9 Å². The molecule has 1 aliphatic heterocycles. The standard InChI is InChI=1S/C28H19ClN2O/c1-16-8-11-24(17(2)12-16)31-25-14-19(18-6-4-3-5-7-18)13-23-27(25)26(28(31)32)21-15-20(29)9-10-22(21)30-23/h3-15H,1-2H3. The summed E-state index contributed by atoms with van der Waals surface area (Å²) in [6.45, 7) is 4.11. The van der Waals surface area contributed by atoms with E-state index in [4.69, 9.17) is 16.6 Å². The number of amides is 1. The van der Waals surface area contributed by atoms with Crippen LogP contribution in [0.15, 0.2) is 78.9 Å². The van der Waals surface area contributed by atoms with Gasteiger partial charge in [0.05, 0.1) is 28.0 Å². The monoisotopic (exact) mass is 434 g/mol. The number of aryl methyl sites for hydroxylation is 2. The number of pyridine rings is 1. The Bertz CT molecular complexity index is 1570. The average Bonchev–Trinajstić information content (AvgIpc) is 3.08. The van der Waals surface area contributed by atoms with Crippen molar-refractivity contribution in [3.63, 3.8) is 0 Å². The Balaban J connectivity index is 1.73. The van der Waals surface area contributed by atoms with Crippen LogP contribution in [0.2, 0.25) is 5.02 Å². The number of hydrogen-bond acceptors (Lipinski definition) is 2. The number of anilines is 2. The molecule has 3 nitrogen and oxygen atoms in total. The zero-order valence-corrected chi connectivity index (χ0v) is 18.4. The number of hydrogen-bond donors (Lipinski definition) is 0. The van der Waals surface area contributed by atoms with E-state index in [9.17, 15) is 4.79 Å². The third kappa shape index (κ3) is 2.75. The summed E-state index contributed by atoms with van der Waals surface area (Å²) in [5.41, 5.74) is 8.34. The molecular weight excluding hydrogens is 416 g/mol. The Morgan fingerprint density at radius 2 is 1.59 bits per heavy atom. The summed E-state index contributed by atoms with van der Waals surface area (Å²) in [5.74, 6) is -0.0446. The van der Waals surface area contributed by atoms with Crippen LogP contribution < -0.4 is 4.90 Å². The molecule has 1 aromatic heterocycles. The van der Waals surface area contributed by atoms with Crippen LogP contribution in [0.1, 0.15) is 21.5 Å². The van der Waals surface area contributed by atoms with Gasteiger partial charge in [-0.3, -0.25) is 9.69 Å². The highest BCUT2D eigenvalue weighted by Gasteiger charge is 2.35. The van der Waals surface area contributed by atoms with Gasteiger partial charge in [0.15, 0.2) is 0 Å². The number of fused-ring (bicyclic) bond motifs is 2. The number of nitrogens with zero attached hydrogens (tertiary/aromatic N) is 2. The van der Waals surface area contributed by atoms with Gasteiger partial charge in [-0.2, -0.15) is 0 Å². The highest BCUT2D eigenvalue weighted by molar-refractivity contribution is 6.35. The van der Waals surface area contributed by atoms with Gasteiger partial charge in [0.1, 0.15) is 0 Å². The normalized spacial score (nSPS) is 12.8. The van der Waals surface area contributed by atoms with Gasteiger partial charge in [0, 0.05) is 15.8 Å². The maximum Gasteiger partial charge on any atom is 0.264 e. The molecule has 4 heteroatoms. The summed E-state index contributed by atoms with van der Waals surface area (Å²) in [4.78, 5) is 20.7. The zero-order chi connectivity index (χ0) is 22.0. The molecule has 2 heterocycles. The first-order valence-corrected chi connectivity index (χ1v) is 10.9. The minimum absolute atomic E-state index is 0.0446. The van der Waals surface area contributed by atoms with Crippen LogP contribution in [0, 0.1) is 13.8 Å². The van der Waals surface area contributed by atoms with E-state index in [1.54, 1.807) is 0 Å². The average molecular weight is 435 g/mol. The van der Waals surface area contributed by atoms with Gasteiger partial charge in [-0.15, -0.1) is 0 Å². The van der Waals surface area contributed by atoms with Crippen molar-refractivity contribution in [1.29, 1.82) is 0 Å². The predicted molar refractivity (Wildman–Crippen MR) is 132 cm³/mol. The third-order valence-corrected chi connectivity index (χ3v) is 6.41. The lowest BCUT2D eigenvalue weighted by Gasteiger charge is -2.21. The molecule has 1 amide bonds. The smallest absolute Gasteiger partial charge is 0.264 e. The first-order chi connectivity index (χ1) is 15.5. The first-order valence-electron chi connectivity index (χ1n) is 10.6. The summed E-state index contributed by atoms with van der Waals surface area (Å²) in [7, 11) is 0. The van der Waals surface area contributed by atoms with Crippen molar-refractivity contribution in [2.24, 2.45) is 0 Å². The van der Waals surface area contributed by atoms with Crippen molar-refractivity contribution in [3.8, 4) is 11.1 Å². The van der Waals surface area contributed by atoms with E-state index in [2.05, 4.69) is 37.3 Å². The van der Waals surface area contributed by atoms with Crippen molar-refractivity contribution >= 4 is 50.7 Å². The molecule has 0 fully saturated rings. The van der Waals surface area contributed by atoms with E-state index in [1.165, 1.54) is 0 Å². The topological polar surface area (TPSA) is 33.2 Å². The summed E-state index contributed by atoms with van der Waals surface area (Å²) in [5, 5.41) is 2.26. The number of benzene rings is 4. The molecule has 0 radical (unpaired) electrons. The first kappa shape index (κ1) is 19.0. The Morgan fingerprint density at radius 1 is 0.781 bits per heavy atom. The SMILES string of the molecule is Cc1ccc(N2C(=O)c3c4cc(Cl)ccc4nc4cc(-c5ccccc5)cc2c34)c(C)c1. The van der Waals surface area contributed by atoms with Gasteiger partial charge in [0.2, 0.25) is 0 Å². The summed E-state index contributed by atoms with van der Waals surface area (Å²) >= 11 is 6.31.